The number of carbonyl (C=O) groups excluding carboxylic acids is 2. The summed E-state index contributed by atoms with van der Waals surface area (Å²) < 4.78 is 18.6. The molecular formula is C26H28FN3O3S. The molecule has 3 aromatic rings. The van der Waals surface area contributed by atoms with Crippen LogP contribution in [0.5, 0.6) is 0 Å². The molecule has 6 nitrogen and oxygen atoms in total. The highest BCUT2D eigenvalue weighted by Crippen LogP contribution is 2.36. The SMILES string of the molecule is CCOC(=O)c1c(-c2ccc(F)cc2)csc1NC(=O)CN1CCN(c2ccccc2C)CC1. The number of para-hydroxylation sites is 1. The topological polar surface area (TPSA) is 61.9 Å². The number of aryl methyl sites for hydroxylation is 1. The van der Waals surface area contributed by atoms with Crippen molar-refractivity contribution in [3.05, 3.63) is 70.9 Å². The summed E-state index contributed by atoms with van der Waals surface area (Å²) in [6.45, 7) is 7.55. The van der Waals surface area contributed by atoms with E-state index in [0.717, 1.165) is 26.2 Å². The number of hydrogen-bond donors (Lipinski definition) is 1. The number of thiophene rings is 1. The van der Waals surface area contributed by atoms with E-state index in [1.807, 2.05) is 12.1 Å². The van der Waals surface area contributed by atoms with Crippen molar-refractivity contribution in [2.24, 2.45) is 0 Å². The van der Waals surface area contributed by atoms with Gasteiger partial charge in [-0.05, 0) is 43.2 Å². The van der Waals surface area contributed by atoms with Gasteiger partial charge in [0.05, 0.1) is 13.2 Å². The zero-order chi connectivity index (χ0) is 24.1. The van der Waals surface area contributed by atoms with E-state index in [4.69, 9.17) is 4.74 Å². The van der Waals surface area contributed by atoms with E-state index in [9.17, 15) is 14.0 Å². The second kappa shape index (κ2) is 10.8. The number of nitrogens with one attached hydrogen (secondary N) is 1. The molecule has 0 radical (unpaired) electrons. The summed E-state index contributed by atoms with van der Waals surface area (Å²) in [5.74, 6) is -1.04. The van der Waals surface area contributed by atoms with Gasteiger partial charge in [-0.25, -0.2) is 9.18 Å². The van der Waals surface area contributed by atoms with Gasteiger partial charge in [0.25, 0.3) is 0 Å². The summed E-state index contributed by atoms with van der Waals surface area (Å²) in [5.41, 5.74) is 4.09. The largest absolute Gasteiger partial charge is 0.462 e. The monoisotopic (exact) mass is 481 g/mol. The Hall–Kier alpha value is -3.23. The third kappa shape index (κ3) is 5.46. The molecule has 0 bridgehead atoms. The maximum Gasteiger partial charge on any atom is 0.341 e. The Balaban J connectivity index is 1.42. The van der Waals surface area contributed by atoms with E-state index >= 15 is 0 Å². The van der Waals surface area contributed by atoms with Gasteiger partial charge in [0, 0.05) is 42.8 Å². The number of anilines is 2. The minimum absolute atomic E-state index is 0.178. The second-order valence-corrected chi connectivity index (χ2v) is 9.06. The van der Waals surface area contributed by atoms with Crippen LogP contribution >= 0.6 is 11.3 Å². The Bertz CT molecular complexity index is 1150. The van der Waals surface area contributed by atoms with Crippen molar-refractivity contribution in [3.8, 4) is 11.1 Å². The van der Waals surface area contributed by atoms with Gasteiger partial charge in [-0.15, -0.1) is 11.3 Å². The summed E-state index contributed by atoms with van der Waals surface area (Å²) >= 11 is 1.27. The van der Waals surface area contributed by atoms with Crippen LogP contribution in [0.15, 0.2) is 53.9 Å². The Labute approximate surface area is 203 Å². The minimum atomic E-state index is -0.509. The molecule has 1 fully saturated rings. The van der Waals surface area contributed by atoms with Crippen LogP contribution in [0.4, 0.5) is 15.1 Å². The molecule has 0 aliphatic carbocycles. The lowest BCUT2D eigenvalue weighted by atomic mass is 10.0. The van der Waals surface area contributed by atoms with Crippen LogP contribution in [0, 0.1) is 12.7 Å². The molecule has 1 aromatic heterocycles. The molecule has 0 spiro atoms. The Kier molecular flexibility index (Phi) is 7.59. The smallest absolute Gasteiger partial charge is 0.341 e. The number of nitrogens with zero attached hydrogens (tertiary/aromatic N) is 2. The summed E-state index contributed by atoms with van der Waals surface area (Å²) in [4.78, 5) is 30.0. The molecule has 1 N–H and O–H groups in total. The summed E-state index contributed by atoms with van der Waals surface area (Å²) in [5, 5.41) is 5.13. The molecule has 1 aliphatic heterocycles. The zero-order valence-corrected chi connectivity index (χ0v) is 20.2. The fraction of sp³-hybridized carbons (Fsp3) is 0.308. The van der Waals surface area contributed by atoms with Crippen LogP contribution in [0.25, 0.3) is 11.1 Å². The third-order valence-electron chi connectivity index (χ3n) is 5.87. The maximum atomic E-state index is 13.4. The van der Waals surface area contributed by atoms with E-state index in [2.05, 4.69) is 34.2 Å². The lowest BCUT2D eigenvalue weighted by Gasteiger charge is -2.36. The van der Waals surface area contributed by atoms with Gasteiger partial charge in [-0.2, -0.15) is 0 Å². The van der Waals surface area contributed by atoms with E-state index in [1.165, 1.54) is 34.7 Å². The number of piperazine rings is 1. The van der Waals surface area contributed by atoms with Gasteiger partial charge in [-0.1, -0.05) is 30.3 Å². The normalized spacial score (nSPS) is 14.1. The summed E-state index contributed by atoms with van der Waals surface area (Å²) in [6, 6.07) is 14.2. The van der Waals surface area contributed by atoms with E-state index < -0.39 is 5.97 Å². The number of esters is 1. The van der Waals surface area contributed by atoms with Gasteiger partial charge in [0.1, 0.15) is 16.4 Å². The first-order chi connectivity index (χ1) is 16.5. The maximum absolute atomic E-state index is 13.4. The molecule has 2 aromatic carbocycles. The van der Waals surface area contributed by atoms with Crippen LogP contribution in [-0.2, 0) is 9.53 Å². The van der Waals surface area contributed by atoms with Gasteiger partial charge in [-0.3, -0.25) is 9.69 Å². The van der Waals surface area contributed by atoms with Gasteiger partial charge in [0.15, 0.2) is 0 Å². The Morgan fingerprint density at radius 1 is 1.06 bits per heavy atom. The number of hydrogen-bond acceptors (Lipinski definition) is 6. The predicted octanol–water partition coefficient (Wildman–Crippen LogP) is 4.80. The van der Waals surface area contributed by atoms with Crippen LogP contribution in [-0.4, -0.2) is 56.1 Å². The highest BCUT2D eigenvalue weighted by Gasteiger charge is 2.25. The molecule has 1 amide bonds. The molecular weight excluding hydrogens is 453 g/mol. The molecule has 1 saturated heterocycles. The predicted molar refractivity (Wildman–Crippen MR) is 134 cm³/mol. The molecule has 0 atom stereocenters. The first-order valence-corrected chi connectivity index (χ1v) is 12.2. The highest BCUT2D eigenvalue weighted by molar-refractivity contribution is 7.15. The van der Waals surface area contributed by atoms with Crippen molar-refractivity contribution in [1.29, 1.82) is 0 Å². The Morgan fingerprint density at radius 3 is 2.44 bits per heavy atom. The van der Waals surface area contributed by atoms with Crippen molar-refractivity contribution >= 4 is 33.9 Å². The Morgan fingerprint density at radius 2 is 1.76 bits per heavy atom. The fourth-order valence-corrected chi connectivity index (χ4v) is 5.11. The van der Waals surface area contributed by atoms with E-state index in [0.29, 0.717) is 21.7 Å². The first-order valence-electron chi connectivity index (χ1n) is 11.3. The van der Waals surface area contributed by atoms with Crippen molar-refractivity contribution in [3.63, 3.8) is 0 Å². The van der Waals surface area contributed by atoms with Crippen molar-refractivity contribution in [2.75, 3.05) is 49.5 Å². The molecule has 0 unspecified atom stereocenters. The van der Waals surface area contributed by atoms with Crippen molar-refractivity contribution in [2.45, 2.75) is 13.8 Å². The van der Waals surface area contributed by atoms with Crippen LogP contribution in [0.1, 0.15) is 22.8 Å². The van der Waals surface area contributed by atoms with Crippen LogP contribution in [0.2, 0.25) is 0 Å². The quantitative estimate of drug-likeness (QED) is 0.491. The number of ether oxygens (including phenoxy) is 1. The number of rotatable bonds is 7. The number of halogens is 1. The van der Waals surface area contributed by atoms with E-state index in [1.54, 1.807) is 24.4 Å². The zero-order valence-electron chi connectivity index (χ0n) is 19.3. The standard InChI is InChI=1S/C26H28FN3O3S/c1-3-33-26(32)24-21(19-8-10-20(27)11-9-19)17-34-25(24)28-23(31)16-29-12-14-30(15-13-29)22-7-5-4-6-18(22)2/h4-11,17H,3,12-16H2,1-2H3,(H,28,31). The number of carbonyl (C=O) groups is 2. The molecule has 0 saturated carbocycles. The van der Waals surface area contributed by atoms with Crippen LogP contribution in [0.3, 0.4) is 0 Å². The van der Waals surface area contributed by atoms with E-state index in [-0.39, 0.29) is 24.9 Å². The molecule has 4 rings (SSSR count). The summed E-state index contributed by atoms with van der Waals surface area (Å²) in [7, 11) is 0. The second-order valence-electron chi connectivity index (χ2n) is 8.18. The van der Waals surface area contributed by atoms with Crippen molar-refractivity contribution < 1.29 is 18.7 Å². The molecule has 1 aliphatic rings. The van der Waals surface area contributed by atoms with Crippen LogP contribution < -0.4 is 10.2 Å². The lowest BCUT2D eigenvalue weighted by Crippen LogP contribution is -2.48. The number of amides is 1. The fourth-order valence-electron chi connectivity index (χ4n) is 4.13. The average Bonchev–Trinajstić information content (AvgIpc) is 3.24. The third-order valence-corrected chi connectivity index (χ3v) is 6.77. The molecule has 2 heterocycles. The molecule has 8 heteroatoms. The minimum Gasteiger partial charge on any atom is -0.462 e. The van der Waals surface area contributed by atoms with Crippen molar-refractivity contribution in [1.82, 2.24) is 4.90 Å². The molecule has 34 heavy (non-hydrogen) atoms. The van der Waals surface area contributed by atoms with Gasteiger partial charge < -0.3 is 15.0 Å². The summed E-state index contributed by atoms with van der Waals surface area (Å²) in [6.07, 6.45) is 0. The highest BCUT2D eigenvalue weighted by atomic mass is 32.1. The first kappa shape index (κ1) is 23.9. The van der Waals surface area contributed by atoms with Gasteiger partial charge in [0.2, 0.25) is 5.91 Å². The van der Waals surface area contributed by atoms with Gasteiger partial charge >= 0.3 is 5.97 Å². The lowest BCUT2D eigenvalue weighted by molar-refractivity contribution is -0.117. The molecule has 178 valence electrons. The number of benzene rings is 2. The average molecular weight is 482 g/mol.